The van der Waals surface area contributed by atoms with Crippen LogP contribution in [0.2, 0.25) is 0 Å². The monoisotopic (exact) mass is 243 g/mol. The number of nitrogens with two attached hydrogens (primary N) is 1. The van der Waals surface area contributed by atoms with Gasteiger partial charge in [0.25, 0.3) is 0 Å². The molecule has 0 spiro atoms. The Morgan fingerprint density at radius 3 is 2.53 bits per heavy atom. The zero-order valence-corrected chi connectivity index (χ0v) is 11.1. The normalized spacial score (nSPS) is 20.7. The van der Waals surface area contributed by atoms with Crippen LogP contribution >= 0.6 is 0 Å². The van der Waals surface area contributed by atoms with E-state index in [1.165, 1.54) is 12.8 Å². The van der Waals surface area contributed by atoms with Crippen LogP contribution in [0.1, 0.15) is 46.5 Å². The SMILES string of the molecule is CCC[C@@H](OCC1CC1)[C@H](C)OC(=O)[C@H](C)N. The highest BCUT2D eigenvalue weighted by atomic mass is 16.6. The molecule has 0 bridgehead atoms. The molecule has 0 aromatic heterocycles. The van der Waals surface area contributed by atoms with Gasteiger partial charge in [-0.25, -0.2) is 0 Å². The van der Waals surface area contributed by atoms with E-state index in [9.17, 15) is 4.79 Å². The van der Waals surface area contributed by atoms with E-state index in [1.54, 1.807) is 6.92 Å². The van der Waals surface area contributed by atoms with Crippen molar-refractivity contribution in [1.29, 1.82) is 0 Å². The molecule has 4 heteroatoms. The van der Waals surface area contributed by atoms with Crippen molar-refractivity contribution in [2.24, 2.45) is 11.7 Å². The molecule has 100 valence electrons. The Balaban J connectivity index is 2.34. The zero-order chi connectivity index (χ0) is 12.8. The van der Waals surface area contributed by atoms with Crippen LogP contribution in [0.25, 0.3) is 0 Å². The fraction of sp³-hybridized carbons (Fsp3) is 0.923. The lowest BCUT2D eigenvalue weighted by Gasteiger charge is -2.24. The predicted octanol–water partition coefficient (Wildman–Crippen LogP) is 1.86. The molecular weight excluding hydrogens is 218 g/mol. The third-order valence-corrected chi connectivity index (χ3v) is 3.01. The molecule has 1 fully saturated rings. The van der Waals surface area contributed by atoms with Gasteiger partial charge < -0.3 is 15.2 Å². The Kier molecular flexibility index (Phi) is 5.92. The van der Waals surface area contributed by atoms with Gasteiger partial charge in [-0.3, -0.25) is 4.79 Å². The summed E-state index contributed by atoms with van der Waals surface area (Å²) in [5, 5.41) is 0. The molecule has 3 atom stereocenters. The molecule has 0 aliphatic heterocycles. The van der Waals surface area contributed by atoms with E-state index >= 15 is 0 Å². The molecule has 1 aliphatic rings. The number of carbonyl (C=O) groups is 1. The summed E-state index contributed by atoms with van der Waals surface area (Å²) in [6.07, 6.45) is 4.27. The first-order valence-electron chi connectivity index (χ1n) is 6.62. The second-order valence-corrected chi connectivity index (χ2v) is 5.03. The third-order valence-electron chi connectivity index (χ3n) is 3.01. The number of rotatable bonds is 8. The molecule has 0 unspecified atom stereocenters. The standard InChI is InChI=1S/C13H25NO3/c1-4-5-12(16-8-11-6-7-11)10(3)17-13(15)9(2)14/h9-12H,4-8,14H2,1-3H3/t9-,10-,12+/m0/s1. The molecular formula is C13H25NO3. The Morgan fingerprint density at radius 2 is 2.06 bits per heavy atom. The van der Waals surface area contributed by atoms with Gasteiger partial charge in [-0.2, -0.15) is 0 Å². The van der Waals surface area contributed by atoms with Crippen LogP contribution in [-0.2, 0) is 14.3 Å². The van der Waals surface area contributed by atoms with Gasteiger partial charge in [-0.15, -0.1) is 0 Å². The van der Waals surface area contributed by atoms with Crippen molar-refractivity contribution in [3.63, 3.8) is 0 Å². The Hall–Kier alpha value is -0.610. The third kappa shape index (κ3) is 5.50. The summed E-state index contributed by atoms with van der Waals surface area (Å²) >= 11 is 0. The topological polar surface area (TPSA) is 61.5 Å². The van der Waals surface area contributed by atoms with Gasteiger partial charge in [0.2, 0.25) is 0 Å². The summed E-state index contributed by atoms with van der Waals surface area (Å²) in [6, 6.07) is -0.567. The lowest BCUT2D eigenvalue weighted by molar-refractivity contribution is -0.157. The summed E-state index contributed by atoms with van der Waals surface area (Å²) in [5.41, 5.74) is 5.48. The maximum Gasteiger partial charge on any atom is 0.322 e. The first-order chi connectivity index (χ1) is 8.04. The maximum absolute atomic E-state index is 11.4. The van der Waals surface area contributed by atoms with Crippen molar-refractivity contribution >= 4 is 5.97 Å². The van der Waals surface area contributed by atoms with Crippen LogP contribution in [0.5, 0.6) is 0 Å². The summed E-state index contributed by atoms with van der Waals surface area (Å²) in [5.74, 6) is 0.374. The minimum Gasteiger partial charge on any atom is -0.459 e. The Morgan fingerprint density at radius 1 is 1.41 bits per heavy atom. The van der Waals surface area contributed by atoms with E-state index in [2.05, 4.69) is 6.92 Å². The van der Waals surface area contributed by atoms with Crippen molar-refractivity contribution in [1.82, 2.24) is 0 Å². The van der Waals surface area contributed by atoms with Crippen LogP contribution in [-0.4, -0.2) is 30.8 Å². The molecule has 17 heavy (non-hydrogen) atoms. The van der Waals surface area contributed by atoms with Gasteiger partial charge in [0, 0.05) is 6.61 Å². The largest absolute Gasteiger partial charge is 0.459 e. The van der Waals surface area contributed by atoms with E-state index in [-0.39, 0.29) is 18.2 Å². The van der Waals surface area contributed by atoms with Crippen molar-refractivity contribution in [2.45, 2.75) is 64.7 Å². The van der Waals surface area contributed by atoms with E-state index < -0.39 is 6.04 Å². The first kappa shape index (κ1) is 14.5. The van der Waals surface area contributed by atoms with Crippen LogP contribution in [0.15, 0.2) is 0 Å². The fourth-order valence-corrected chi connectivity index (χ4v) is 1.65. The van der Waals surface area contributed by atoms with E-state index in [0.717, 1.165) is 25.4 Å². The number of carbonyl (C=O) groups excluding carboxylic acids is 1. The average Bonchev–Trinajstić information content (AvgIpc) is 3.07. The van der Waals surface area contributed by atoms with Crippen LogP contribution in [0, 0.1) is 5.92 Å². The Labute approximate surface area is 104 Å². The second kappa shape index (κ2) is 6.97. The summed E-state index contributed by atoms with van der Waals surface area (Å²) < 4.78 is 11.1. The molecule has 0 radical (unpaired) electrons. The van der Waals surface area contributed by atoms with Gasteiger partial charge in [0.1, 0.15) is 12.1 Å². The highest BCUT2D eigenvalue weighted by Gasteiger charge is 2.27. The van der Waals surface area contributed by atoms with Crippen molar-refractivity contribution in [3.8, 4) is 0 Å². The summed E-state index contributed by atoms with van der Waals surface area (Å²) in [4.78, 5) is 11.4. The van der Waals surface area contributed by atoms with Crippen LogP contribution < -0.4 is 5.73 Å². The summed E-state index contributed by atoms with van der Waals surface area (Å²) in [7, 11) is 0. The molecule has 0 aromatic carbocycles. The van der Waals surface area contributed by atoms with Crippen molar-refractivity contribution in [3.05, 3.63) is 0 Å². The number of esters is 1. The van der Waals surface area contributed by atoms with E-state index in [0.29, 0.717) is 0 Å². The first-order valence-corrected chi connectivity index (χ1v) is 6.62. The lowest BCUT2D eigenvalue weighted by Crippen LogP contribution is -2.37. The number of ether oxygens (including phenoxy) is 2. The quantitative estimate of drug-likeness (QED) is 0.661. The molecule has 4 nitrogen and oxygen atoms in total. The average molecular weight is 243 g/mol. The smallest absolute Gasteiger partial charge is 0.322 e. The molecule has 0 aromatic rings. The highest BCUT2D eigenvalue weighted by molar-refractivity contribution is 5.75. The molecule has 1 saturated carbocycles. The Bertz CT molecular complexity index is 239. The van der Waals surface area contributed by atoms with Crippen LogP contribution in [0.4, 0.5) is 0 Å². The minimum atomic E-state index is -0.567. The van der Waals surface area contributed by atoms with Gasteiger partial charge in [-0.05, 0) is 39.0 Å². The molecule has 1 aliphatic carbocycles. The molecule has 2 N–H and O–H groups in total. The second-order valence-electron chi connectivity index (χ2n) is 5.03. The molecule has 0 amide bonds. The van der Waals surface area contributed by atoms with Gasteiger partial charge in [-0.1, -0.05) is 13.3 Å². The maximum atomic E-state index is 11.4. The van der Waals surface area contributed by atoms with Crippen molar-refractivity contribution < 1.29 is 14.3 Å². The molecule has 0 heterocycles. The van der Waals surface area contributed by atoms with Crippen LogP contribution in [0.3, 0.4) is 0 Å². The number of hydrogen-bond donors (Lipinski definition) is 1. The minimum absolute atomic E-state index is 0.00306. The van der Waals surface area contributed by atoms with Gasteiger partial charge in [0.05, 0.1) is 6.10 Å². The zero-order valence-electron chi connectivity index (χ0n) is 11.1. The van der Waals surface area contributed by atoms with Gasteiger partial charge >= 0.3 is 5.97 Å². The summed E-state index contributed by atoms with van der Waals surface area (Å²) in [6.45, 7) is 6.42. The predicted molar refractivity (Wildman–Crippen MR) is 66.6 cm³/mol. The molecule has 1 rings (SSSR count). The van der Waals surface area contributed by atoms with Crippen molar-refractivity contribution in [2.75, 3.05) is 6.61 Å². The lowest BCUT2D eigenvalue weighted by atomic mass is 10.1. The highest BCUT2D eigenvalue weighted by Crippen LogP contribution is 2.30. The number of hydrogen-bond acceptors (Lipinski definition) is 4. The fourth-order valence-electron chi connectivity index (χ4n) is 1.65. The van der Waals surface area contributed by atoms with E-state index in [1.807, 2.05) is 6.92 Å². The van der Waals surface area contributed by atoms with E-state index in [4.69, 9.17) is 15.2 Å². The molecule has 0 saturated heterocycles. The van der Waals surface area contributed by atoms with Gasteiger partial charge in [0.15, 0.2) is 0 Å².